The minimum absolute atomic E-state index is 0.452. The van der Waals surface area contributed by atoms with Crippen molar-refractivity contribution in [2.24, 2.45) is 5.92 Å². The third-order valence-corrected chi connectivity index (χ3v) is 4.48. The Morgan fingerprint density at radius 2 is 1.56 bits per heavy atom. The van der Waals surface area contributed by atoms with Crippen LogP contribution in [0.15, 0.2) is 24.3 Å². The molecule has 9 heteroatoms. The molecule has 1 aromatic rings. The molecule has 0 spiro atoms. The minimum atomic E-state index is -1.35. The molecule has 4 amide bonds. The summed E-state index contributed by atoms with van der Waals surface area (Å²) >= 11 is 0. The second-order valence-corrected chi connectivity index (χ2v) is 5.88. The first-order chi connectivity index (χ1) is 11.7. The number of hydrogen-bond donors (Lipinski definition) is 0. The second kappa shape index (κ2) is 6.88. The molecule has 1 aromatic carbocycles. The lowest BCUT2D eigenvalue weighted by molar-refractivity contribution is -0.523. The smallest absolute Gasteiger partial charge is 0.332 e. The summed E-state index contributed by atoms with van der Waals surface area (Å²) in [5.41, 5.74) is 0.452. The molecule has 9 nitrogen and oxygen atoms in total. The van der Waals surface area contributed by atoms with Gasteiger partial charge >= 0.3 is 6.03 Å². The Balaban J connectivity index is 2.54. The van der Waals surface area contributed by atoms with Crippen LogP contribution in [0.2, 0.25) is 0 Å². The van der Waals surface area contributed by atoms with Gasteiger partial charge in [-0.1, -0.05) is 12.1 Å². The van der Waals surface area contributed by atoms with Gasteiger partial charge in [-0.15, -0.1) is 0 Å². The van der Waals surface area contributed by atoms with Crippen molar-refractivity contribution >= 4 is 17.8 Å². The van der Waals surface area contributed by atoms with Crippen molar-refractivity contribution in [1.29, 1.82) is 0 Å². The van der Waals surface area contributed by atoms with Crippen LogP contribution in [-0.4, -0.2) is 59.8 Å². The van der Waals surface area contributed by atoms with Gasteiger partial charge in [-0.2, -0.15) is 0 Å². The van der Waals surface area contributed by atoms with E-state index >= 15 is 0 Å². The van der Waals surface area contributed by atoms with Crippen LogP contribution in [0.1, 0.15) is 18.4 Å². The number of barbiturate groups is 1. The van der Waals surface area contributed by atoms with Crippen molar-refractivity contribution in [3.8, 4) is 5.75 Å². The highest BCUT2D eigenvalue weighted by molar-refractivity contribution is 6.16. The molecular weight excluding hydrogens is 330 g/mol. The maximum absolute atomic E-state index is 12.6. The summed E-state index contributed by atoms with van der Waals surface area (Å²) in [5.74, 6) is -3.31. The third kappa shape index (κ3) is 3.17. The number of nitro groups is 1. The lowest BCUT2D eigenvalue weighted by atomic mass is 9.79. The summed E-state index contributed by atoms with van der Waals surface area (Å²) in [5, 5.41) is 11.4. The largest absolute Gasteiger partial charge is 0.497 e. The number of urea groups is 1. The predicted octanol–water partition coefficient (Wildman–Crippen LogP) is 1.11. The lowest BCUT2D eigenvalue weighted by Crippen LogP contribution is -2.59. The molecule has 25 heavy (non-hydrogen) atoms. The summed E-state index contributed by atoms with van der Waals surface area (Å²) in [7, 11) is 3.99. The fourth-order valence-corrected chi connectivity index (χ4v) is 2.95. The monoisotopic (exact) mass is 349 g/mol. The van der Waals surface area contributed by atoms with Crippen LogP contribution in [0, 0.1) is 16.0 Å². The molecule has 0 aromatic heterocycles. The number of hydrogen-bond acceptors (Lipinski definition) is 6. The van der Waals surface area contributed by atoms with Gasteiger partial charge in [-0.25, -0.2) is 4.79 Å². The van der Waals surface area contributed by atoms with Gasteiger partial charge in [-0.3, -0.25) is 29.5 Å². The van der Waals surface area contributed by atoms with Gasteiger partial charge in [0.2, 0.25) is 17.9 Å². The zero-order valence-corrected chi connectivity index (χ0v) is 14.3. The molecular formula is C16H19N3O6. The maximum atomic E-state index is 12.6. The van der Waals surface area contributed by atoms with Gasteiger partial charge in [0, 0.05) is 25.9 Å². The van der Waals surface area contributed by atoms with E-state index in [1.54, 1.807) is 24.3 Å². The maximum Gasteiger partial charge on any atom is 0.332 e. The van der Waals surface area contributed by atoms with Crippen LogP contribution in [0.5, 0.6) is 5.75 Å². The first-order valence-corrected chi connectivity index (χ1v) is 7.57. The summed E-state index contributed by atoms with van der Waals surface area (Å²) in [6.45, 7) is 1.34. The van der Waals surface area contributed by atoms with E-state index in [2.05, 4.69) is 0 Å². The number of benzene rings is 1. The van der Waals surface area contributed by atoms with E-state index < -0.39 is 40.6 Å². The number of carbonyl (C=O) groups excluding carboxylic acids is 3. The van der Waals surface area contributed by atoms with Gasteiger partial charge in [-0.05, 0) is 17.7 Å². The molecule has 0 radical (unpaired) electrons. The second-order valence-electron chi connectivity index (χ2n) is 5.88. The summed E-state index contributed by atoms with van der Waals surface area (Å²) < 4.78 is 5.06. The molecule has 2 unspecified atom stereocenters. The van der Waals surface area contributed by atoms with Crippen molar-refractivity contribution in [3.63, 3.8) is 0 Å². The zero-order chi connectivity index (χ0) is 18.9. The van der Waals surface area contributed by atoms with Crippen LogP contribution < -0.4 is 4.74 Å². The molecule has 0 N–H and O–H groups in total. The van der Waals surface area contributed by atoms with Gasteiger partial charge in [0.1, 0.15) is 11.7 Å². The van der Waals surface area contributed by atoms with E-state index in [9.17, 15) is 24.5 Å². The Labute approximate surface area is 144 Å². The fraction of sp³-hybridized carbons (Fsp3) is 0.438. The Morgan fingerprint density at radius 1 is 1.08 bits per heavy atom. The van der Waals surface area contributed by atoms with Crippen molar-refractivity contribution in [3.05, 3.63) is 39.9 Å². The van der Waals surface area contributed by atoms with E-state index in [4.69, 9.17) is 4.74 Å². The van der Waals surface area contributed by atoms with Crippen LogP contribution in [-0.2, 0) is 9.59 Å². The number of imide groups is 2. The van der Waals surface area contributed by atoms with Gasteiger partial charge in [0.15, 0.2) is 0 Å². The number of amides is 4. The predicted molar refractivity (Wildman–Crippen MR) is 86.6 cm³/mol. The zero-order valence-electron chi connectivity index (χ0n) is 14.3. The van der Waals surface area contributed by atoms with Crippen LogP contribution in [0.3, 0.4) is 0 Å². The molecule has 0 saturated carbocycles. The van der Waals surface area contributed by atoms with Crippen molar-refractivity contribution in [1.82, 2.24) is 9.80 Å². The van der Waals surface area contributed by atoms with E-state index in [1.807, 2.05) is 0 Å². The molecule has 1 saturated heterocycles. The van der Waals surface area contributed by atoms with Gasteiger partial charge in [0.25, 0.3) is 0 Å². The highest BCUT2D eigenvalue weighted by atomic mass is 16.6. The Bertz CT molecular complexity index is 693. The van der Waals surface area contributed by atoms with Crippen LogP contribution in [0.4, 0.5) is 4.79 Å². The molecule has 2 atom stereocenters. The topological polar surface area (TPSA) is 110 Å². The molecule has 134 valence electrons. The quantitative estimate of drug-likeness (QED) is 0.447. The molecule has 2 rings (SSSR count). The highest BCUT2D eigenvalue weighted by Crippen LogP contribution is 2.35. The number of rotatable bonds is 5. The fourth-order valence-electron chi connectivity index (χ4n) is 2.95. The molecule has 1 fully saturated rings. The molecule has 1 heterocycles. The number of ether oxygens (including phenoxy) is 1. The van der Waals surface area contributed by atoms with Crippen molar-refractivity contribution in [2.45, 2.75) is 18.9 Å². The SMILES string of the molecule is COc1ccc(C(C2C(=O)N(C)C(=O)N(C)C2=O)C(C)[N+](=O)[O-])cc1. The minimum Gasteiger partial charge on any atom is -0.497 e. The molecule has 1 aliphatic heterocycles. The number of methoxy groups -OCH3 is 1. The van der Waals surface area contributed by atoms with E-state index in [-0.39, 0.29) is 0 Å². The standard InChI is InChI=1S/C16H19N3O6/c1-9(19(23)24)12(10-5-7-11(25-4)8-6-10)13-14(20)17(2)16(22)18(3)15(13)21/h5-9,12-13H,1-4H3. The first-order valence-electron chi connectivity index (χ1n) is 7.57. The molecule has 0 aliphatic carbocycles. The normalized spacial score (nSPS) is 18.3. The number of nitrogens with zero attached hydrogens (tertiary/aromatic N) is 3. The highest BCUT2D eigenvalue weighted by Gasteiger charge is 2.51. The van der Waals surface area contributed by atoms with Gasteiger partial charge < -0.3 is 4.74 Å². The van der Waals surface area contributed by atoms with E-state index in [1.165, 1.54) is 28.1 Å². The third-order valence-electron chi connectivity index (χ3n) is 4.48. The van der Waals surface area contributed by atoms with Crippen molar-refractivity contribution in [2.75, 3.05) is 21.2 Å². The molecule has 1 aliphatic rings. The summed E-state index contributed by atoms with van der Waals surface area (Å²) in [6.07, 6.45) is 0. The van der Waals surface area contributed by atoms with Gasteiger partial charge in [0.05, 0.1) is 13.0 Å². The Hall–Kier alpha value is -2.97. The lowest BCUT2D eigenvalue weighted by Gasteiger charge is -2.36. The molecule has 0 bridgehead atoms. The summed E-state index contributed by atoms with van der Waals surface area (Å²) in [6, 6.07) is 4.41. The van der Waals surface area contributed by atoms with Crippen LogP contribution >= 0.6 is 0 Å². The van der Waals surface area contributed by atoms with Crippen LogP contribution in [0.25, 0.3) is 0 Å². The average Bonchev–Trinajstić information content (AvgIpc) is 2.61. The van der Waals surface area contributed by atoms with E-state index in [0.29, 0.717) is 11.3 Å². The first kappa shape index (κ1) is 18.4. The Morgan fingerprint density at radius 3 is 1.96 bits per heavy atom. The van der Waals surface area contributed by atoms with E-state index in [0.717, 1.165) is 9.80 Å². The average molecular weight is 349 g/mol. The Kier molecular flexibility index (Phi) is 5.05. The summed E-state index contributed by atoms with van der Waals surface area (Å²) in [4.78, 5) is 49.5. The number of carbonyl (C=O) groups is 3. The van der Waals surface area contributed by atoms with Crippen molar-refractivity contribution < 1.29 is 24.0 Å².